The summed E-state index contributed by atoms with van der Waals surface area (Å²) in [5.74, 6) is 0.757. The van der Waals surface area contributed by atoms with Crippen molar-refractivity contribution >= 4 is 11.0 Å². The predicted molar refractivity (Wildman–Crippen MR) is 70.5 cm³/mol. The summed E-state index contributed by atoms with van der Waals surface area (Å²) >= 11 is 0. The third kappa shape index (κ3) is 3.32. The van der Waals surface area contributed by atoms with Crippen LogP contribution in [0.25, 0.3) is 11.0 Å². The zero-order chi connectivity index (χ0) is 12.8. The second kappa shape index (κ2) is 6.54. The van der Waals surface area contributed by atoms with Gasteiger partial charge in [0.2, 0.25) is 0 Å². The number of nitrogens with two attached hydrogens (primary N) is 1. The van der Waals surface area contributed by atoms with Crippen molar-refractivity contribution in [2.75, 3.05) is 26.4 Å². The maximum Gasteiger partial charge on any atom is 0.134 e. The minimum Gasteiger partial charge on any atom is -0.459 e. The van der Waals surface area contributed by atoms with Crippen LogP contribution in [0, 0.1) is 0 Å². The van der Waals surface area contributed by atoms with Gasteiger partial charge in [-0.25, -0.2) is 0 Å². The number of ether oxygens (including phenoxy) is 2. The van der Waals surface area contributed by atoms with Crippen LogP contribution in [0.5, 0.6) is 0 Å². The van der Waals surface area contributed by atoms with Gasteiger partial charge in [0.25, 0.3) is 0 Å². The maximum absolute atomic E-state index is 6.01. The first-order valence-corrected chi connectivity index (χ1v) is 6.21. The molecular formula is C14H19NO3. The Hall–Kier alpha value is -1.36. The number of furan rings is 1. The normalized spacial score (nSPS) is 13.0. The fraction of sp³-hybridized carbons (Fsp3) is 0.429. The lowest BCUT2D eigenvalue weighted by Crippen LogP contribution is -2.18. The van der Waals surface area contributed by atoms with E-state index in [1.54, 1.807) is 0 Å². The summed E-state index contributed by atoms with van der Waals surface area (Å²) < 4.78 is 16.3. The van der Waals surface area contributed by atoms with Gasteiger partial charge in [-0.05, 0) is 19.1 Å². The van der Waals surface area contributed by atoms with Crippen LogP contribution < -0.4 is 5.73 Å². The first-order chi connectivity index (χ1) is 8.81. The number of hydrogen-bond donors (Lipinski definition) is 1. The van der Waals surface area contributed by atoms with E-state index in [4.69, 9.17) is 19.6 Å². The Bertz CT molecular complexity index is 448. The molecule has 2 rings (SSSR count). The molecule has 2 aromatic rings. The second-order valence-electron chi connectivity index (χ2n) is 4.06. The lowest BCUT2D eigenvalue weighted by atomic mass is 10.2. The summed E-state index contributed by atoms with van der Waals surface area (Å²) in [6.07, 6.45) is 0. The van der Waals surface area contributed by atoms with Crippen molar-refractivity contribution in [2.24, 2.45) is 5.73 Å². The average molecular weight is 249 g/mol. The Morgan fingerprint density at radius 3 is 2.78 bits per heavy atom. The van der Waals surface area contributed by atoms with Gasteiger partial charge in [-0.2, -0.15) is 0 Å². The molecule has 1 aromatic carbocycles. The Morgan fingerprint density at radius 1 is 1.22 bits per heavy atom. The standard InChI is InChI=1S/C14H19NO3/c1-2-16-7-8-17-10-12(15)14-9-11-5-3-4-6-13(11)18-14/h3-6,9,12H,2,7-8,10,15H2,1H3. The zero-order valence-electron chi connectivity index (χ0n) is 10.6. The molecule has 4 nitrogen and oxygen atoms in total. The van der Waals surface area contributed by atoms with E-state index in [1.807, 2.05) is 37.3 Å². The van der Waals surface area contributed by atoms with E-state index < -0.39 is 0 Å². The van der Waals surface area contributed by atoms with E-state index in [1.165, 1.54) is 0 Å². The molecule has 4 heteroatoms. The van der Waals surface area contributed by atoms with Crippen molar-refractivity contribution in [1.29, 1.82) is 0 Å². The fourth-order valence-corrected chi connectivity index (χ4v) is 1.74. The molecule has 0 amide bonds. The SMILES string of the molecule is CCOCCOCC(N)c1cc2ccccc2o1. The highest BCUT2D eigenvalue weighted by Crippen LogP contribution is 2.22. The van der Waals surface area contributed by atoms with E-state index >= 15 is 0 Å². The number of fused-ring (bicyclic) bond motifs is 1. The van der Waals surface area contributed by atoms with Crippen LogP contribution in [0.2, 0.25) is 0 Å². The summed E-state index contributed by atoms with van der Waals surface area (Å²) in [7, 11) is 0. The quantitative estimate of drug-likeness (QED) is 0.766. The molecule has 0 saturated heterocycles. The zero-order valence-corrected chi connectivity index (χ0v) is 10.6. The van der Waals surface area contributed by atoms with E-state index in [-0.39, 0.29) is 6.04 Å². The van der Waals surface area contributed by atoms with Gasteiger partial charge < -0.3 is 19.6 Å². The van der Waals surface area contributed by atoms with Crippen LogP contribution in [-0.4, -0.2) is 26.4 Å². The third-order valence-electron chi connectivity index (χ3n) is 2.68. The molecule has 0 aliphatic carbocycles. The molecule has 1 heterocycles. The van der Waals surface area contributed by atoms with Crippen molar-refractivity contribution in [1.82, 2.24) is 0 Å². The Labute approximate surface area is 107 Å². The highest BCUT2D eigenvalue weighted by Gasteiger charge is 2.11. The molecule has 0 spiro atoms. The van der Waals surface area contributed by atoms with Crippen LogP contribution >= 0.6 is 0 Å². The van der Waals surface area contributed by atoms with Gasteiger partial charge >= 0.3 is 0 Å². The molecule has 1 atom stereocenters. The largest absolute Gasteiger partial charge is 0.459 e. The summed E-state index contributed by atoms with van der Waals surface area (Å²) in [4.78, 5) is 0. The lowest BCUT2D eigenvalue weighted by Gasteiger charge is -2.09. The van der Waals surface area contributed by atoms with Crippen molar-refractivity contribution in [3.8, 4) is 0 Å². The van der Waals surface area contributed by atoms with Gasteiger partial charge in [0, 0.05) is 12.0 Å². The first kappa shape index (κ1) is 13.1. The minimum absolute atomic E-state index is 0.237. The third-order valence-corrected chi connectivity index (χ3v) is 2.68. The molecule has 0 saturated carbocycles. The highest BCUT2D eigenvalue weighted by molar-refractivity contribution is 5.77. The molecule has 0 radical (unpaired) electrons. The molecule has 18 heavy (non-hydrogen) atoms. The van der Waals surface area contributed by atoms with Gasteiger partial charge in [-0.15, -0.1) is 0 Å². The topological polar surface area (TPSA) is 57.6 Å². The smallest absolute Gasteiger partial charge is 0.134 e. The van der Waals surface area contributed by atoms with Gasteiger partial charge in [-0.3, -0.25) is 0 Å². The average Bonchev–Trinajstić information content (AvgIpc) is 2.82. The van der Waals surface area contributed by atoms with Crippen LogP contribution in [0.15, 0.2) is 34.7 Å². The van der Waals surface area contributed by atoms with Gasteiger partial charge in [0.1, 0.15) is 11.3 Å². The highest BCUT2D eigenvalue weighted by atomic mass is 16.5. The van der Waals surface area contributed by atoms with Crippen LogP contribution in [0.4, 0.5) is 0 Å². The second-order valence-corrected chi connectivity index (χ2v) is 4.06. The van der Waals surface area contributed by atoms with Crippen molar-refractivity contribution in [3.63, 3.8) is 0 Å². The van der Waals surface area contributed by atoms with Gasteiger partial charge in [0.05, 0.1) is 25.9 Å². The number of para-hydroxylation sites is 1. The predicted octanol–water partition coefficient (Wildman–Crippen LogP) is 2.49. The van der Waals surface area contributed by atoms with Crippen LogP contribution in [0.3, 0.4) is 0 Å². The molecule has 0 bridgehead atoms. The minimum atomic E-state index is -0.237. The Morgan fingerprint density at radius 2 is 2.00 bits per heavy atom. The first-order valence-electron chi connectivity index (χ1n) is 6.21. The molecule has 98 valence electrons. The molecular weight excluding hydrogens is 230 g/mol. The van der Waals surface area contributed by atoms with E-state index in [9.17, 15) is 0 Å². The van der Waals surface area contributed by atoms with Crippen LogP contribution in [0.1, 0.15) is 18.7 Å². The monoisotopic (exact) mass is 249 g/mol. The van der Waals surface area contributed by atoms with E-state index in [0.717, 1.165) is 16.7 Å². The lowest BCUT2D eigenvalue weighted by molar-refractivity contribution is 0.0455. The molecule has 0 aliphatic rings. The van der Waals surface area contributed by atoms with Crippen molar-refractivity contribution in [3.05, 3.63) is 36.1 Å². The molecule has 0 fully saturated rings. The van der Waals surface area contributed by atoms with Gasteiger partial charge in [0.15, 0.2) is 0 Å². The molecule has 1 aromatic heterocycles. The molecule has 2 N–H and O–H groups in total. The molecule has 0 aliphatic heterocycles. The van der Waals surface area contributed by atoms with Crippen LogP contribution in [-0.2, 0) is 9.47 Å². The summed E-state index contributed by atoms with van der Waals surface area (Å²) in [5.41, 5.74) is 6.87. The summed E-state index contributed by atoms with van der Waals surface area (Å²) in [6, 6.07) is 9.59. The summed E-state index contributed by atoms with van der Waals surface area (Å²) in [6.45, 7) is 4.26. The number of benzene rings is 1. The Balaban J connectivity index is 1.86. The van der Waals surface area contributed by atoms with Crippen molar-refractivity contribution < 1.29 is 13.9 Å². The fourth-order valence-electron chi connectivity index (χ4n) is 1.74. The number of rotatable bonds is 7. The van der Waals surface area contributed by atoms with E-state index in [2.05, 4.69) is 0 Å². The molecule has 1 unspecified atom stereocenters. The van der Waals surface area contributed by atoms with Gasteiger partial charge in [-0.1, -0.05) is 18.2 Å². The number of hydrogen-bond acceptors (Lipinski definition) is 4. The maximum atomic E-state index is 6.01. The van der Waals surface area contributed by atoms with Crippen molar-refractivity contribution in [2.45, 2.75) is 13.0 Å². The summed E-state index contributed by atoms with van der Waals surface area (Å²) in [5, 5.41) is 1.07. The Kier molecular flexibility index (Phi) is 4.75. The van der Waals surface area contributed by atoms with E-state index in [0.29, 0.717) is 26.4 Å².